The molecule has 228 valence electrons. The fraction of sp³-hybridized carbons (Fsp3) is 0. The molecule has 0 N–H and O–H groups in total. The normalized spacial score (nSPS) is 12.1. The molecule has 0 unspecified atom stereocenters. The summed E-state index contributed by atoms with van der Waals surface area (Å²) in [5.41, 5.74) is 11.3. The Hall–Kier alpha value is -6.58. The Morgan fingerprint density at radius 2 is 0.939 bits per heavy atom. The molecule has 0 fully saturated rings. The molecule has 49 heavy (non-hydrogen) atoms. The van der Waals surface area contributed by atoms with Gasteiger partial charge in [0.05, 0.1) is 27.8 Å². The van der Waals surface area contributed by atoms with Crippen LogP contribution >= 0.6 is 0 Å². The molecule has 0 spiro atoms. The van der Waals surface area contributed by atoms with Crippen molar-refractivity contribution >= 4 is 76.3 Å². The molecule has 3 aromatic heterocycles. The van der Waals surface area contributed by atoms with Crippen LogP contribution in [-0.2, 0) is 0 Å². The van der Waals surface area contributed by atoms with E-state index in [1.807, 2.05) is 6.07 Å². The van der Waals surface area contributed by atoms with Crippen LogP contribution in [0, 0.1) is 0 Å². The van der Waals surface area contributed by atoms with Gasteiger partial charge < -0.3 is 13.6 Å². The predicted octanol–water partition coefficient (Wildman–Crippen LogP) is 12.6. The lowest BCUT2D eigenvalue weighted by molar-refractivity contribution is 0.669. The smallest absolute Gasteiger partial charge is 0.136 e. The second-order valence-electron chi connectivity index (χ2n) is 12.9. The molecule has 0 aliphatic heterocycles. The zero-order chi connectivity index (χ0) is 32.1. The molecule has 0 saturated heterocycles. The number of rotatable bonds is 3. The van der Waals surface area contributed by atoms with E-state index in [0.29, 0.717) is 0 Å². The molecule has 0 amide bonds. The molecule has 3 heteroatoms. The number of benzene rings is 8. The fourth-order valence-corrected chi connectivity index (χ4v) is 8.09. The van der Waals surface area contributed by atoms with E-state index in [0.717, 1.165) is 21.9 Å². The molecular formula is C46H28N2O. The number of furan rings is 1. The van der Waals surface area contributed by atoms with Gasteiger partial charge in [-0.05, 0) is 83.2 Å². The number of hydrogen-bond acceptors (Lipinski definition) is 1. The molecule has 0 saturated carbocycles. The van der Waals surface area contributed by atoms with E-state index < -0.39 is 0 Å². The van der Waals surface area contributed by atoms with Crippen molar-refractivity contribution in [2.45, 2.75) is 0 Å². The Balaban J connectivity index is 1.19. The topological polar surface area (TPSA) is 23.0 Å². The molecule has 11 aromatic rings. The molecule has 0 atom stereocenters. The molecule has 8 aromatic carbocycles. The standard InChI is InChI=1S/C46H28N2O/c1-2-13-32(14-3-1)47-41-18-8-6-16-34(41)36-25-30(21-23-42(36)47)31-22-24-43-37(26-31)38-28-46-39(35-17-7-9-20-45(35)49-46)27-44(38)48(43)40-19-10-12-29-11-4-5-15-33(29)40/h1-28H. The van der Waals surface area contributed by atoms with Crippen LogP contribution in [0.15, 0.2) is 174 Å². The number of nitrogens with zero attached hydrogens (tertiary/aromatic N) is 2. The summed E-state index contributed by atoms with van der Waals surface area (Å²) >= 11 is 0. The Morgan fingerprint density at radius 3 is 1.78 bits per heavy atom. The van der Waals surface area contributed by atoms with E-state index in [-0.39, 0.29) is 0 Å². The van der Waals surface area contributed by atoms with Gasteiger partial charge in [0.1, 0.15) is 11.2 Å². The summed E-state index contributed by atoms with van der Waals surface area (Å²) in [5.74, 6) is 0. The average Bonchev–Trinajstić information content (AvgIpc) is 3.80. The van der Waals surface area contributed by atoms with Gasteiger partial charge in [0.2, 0.25) is 0 Å². The largest absolute Gasteiger partial charge is 0.456 e. The van der Waals surface area contributed by atoms with Gasteiger partial charge >= 0.3 is 0 Å². The van der Waals surface area contributed by atoms with Gasteiger partial charge in [0.25, 0.3) is 0 Å². The van der Waals surface area contributed by atoms with Crippen LogP contribution in [0.25, 0.3) is 98.8 Å². The lowest BCUT2D eigenvalue weighted by Crippen LogP contribution is -1.95. The Kier molecular flexibility index (Phi) is 5.38. The highest BCUT2D eigenvalue weighted by atomic mass is 16.3. The fourth-order valence-electron chi connectivity index (χ4n) is 8.09. The van der Waals surface area contributed by atoms with Crippen LogP contribution in [0.2, 0.25) is 0 Å². The molecule has 0 aliphatic carbocycles. The van der Waals surface area contributed by atoms with Gasteiger partial charge in [-0.1, -0.05) is 103 Å². The molecular weight excluding hydrogens is 597 g/mol. The third-order valence-electron chi connectivity index (χ3n) is 10.3. The lowest BCUT2D eigenvalue weighted by atomic mass is 10.0. The maximum atomic E-state index is 6.43. The minimum Gasteiger partial charge on any atom is -0.456 e. The average molecular weight is 625 g/mol. The molecule has 0 aliphatic rings. The van der Waals surface area contributed by atoms with E-state index in [4.69, 9.17) is 4.42 Å². The van der Waals surface area contributed by atoms with E-state index in [2.05, 4.69) is 173 Å². The molecule has 0 radical (unpaired) electrons. The number of fused-ring (bicyclic) bond motifs is 10. The second-order valence-corrected chi connectivity index (χ2v) is 12.9. The summed E-state index contributed by atoms with van der Waals surface area (Å²) in [6.07, 6.45) is 0. The number of hydrogen-bond donors (Lipinski definition) is 0. The van der Waals surface area contributed by atoms with Gasteiger partial charge in [0, 0.05) is 43.4 Å². The van der Waals surface area contributed by atoms with E-state index in [1.165, 1.54) is 76.9 Å². The summed E-state index contributed by atoms with van der Waals surface area (Å²) in [7, 11) is 0. The van der Waals surface area contributed by atoms with Crippen LogP contribution in [0.1, 0.15) is 0 Å². The first kappa shape index (κ1) is 26.5. The first-order chi connectivity index (χ1) is 24.3. The second kappa shape index (κ2) is 9.96. The Bertz CT molecular complexity index is 3100. The van der Waals surface area contributed by atoms with Gasteiger partial charge in [0.15, 0.2) is 0 Å². The summed E-state index contributed by atoms with van der Waals surface area (Å²) in [6, 6.07) is 61.3. The summed E-state index contributed by atoms with van der Waals surface area (Å²) in [5, 5.41) is 9.61. The van der Waals surface area contributed by atoms with Gasteiger partial charge in [-0.3, -0.25) is 0 Å². The zero-order valence-corrected chi connectivity index (χ0v) is 26.5. The highest BCUT2D eigenvalue weighted by Gasteiger charge is 2.19. The Morgan fingerprint density at radius 1 is 0.327 bits per heavy atom. The van der Waals surface area contributed by atoms with Crippen molar-refractivity contribution in [3.05, 3.63) is 170 Å². The zero-order valence-electron chi connectivity index (χ0n) is 26.5. The van der Waals surface area contributed by atoms with Crippen molar-refractivity contribution in [1.82, 2.24) is 9.13 Å². The van der Waals surface area contributed by atoms with Crippen molar-refractivity contribution in [2.75, 3.05) is 0 Å². The van der Waals surface area contributed by atoms with Gasteiger partial charge in [-0.15, -0.1) is 0 Å². The minimum atomic E-state index is 0.909. The lowest BCUT2D eigenvalue weighted by Gasteiger charge is -2.12. The predicted molar refractivity (Wildman–Crippen MR) is 205 cm³/mol. The van der Waals surface area contributed by atoms with E-state index in [9.17, 15) is 0 Å². The monoisotopic (exact) mass is 624 g/mol. The maximum Gasteiger partial charge on any atom is 0.136 e. The third-order valence-corrected chi connectivity index (χ3v) is 10.3. The molecule has 3 heterocycles. The highest BCUT2D eigenvalue weighted by molar-refractivity contribution is 6.18. The van der Waals surface area contributed by atoms with Crippen molar-refractivity contribution < 1.29 is 4.42 Å². The Labute approximate surface area is 281 Å². The van der Waals surface area contributed by atoms with E-state index >= 15 is 0 Å². The van der Waals surface area contributed by atoms with Crippen LogP contribution < -0.4 is 0 Å². The molecule has 3 nitrogen and oxygen atoms in total. The van der Waals surface area contributed by atoms with Gasteiger partial charge in [-0.25, -0.2) is 0 Å². The number of para-hydroxylation sites is 3. The first-order valence-electron chi connectivity index (χ1n) is 16.8. The summed E-state index contributed by atoms with van der Waals surface area (Å²) in [4.78, 5) is 0. The highest BCUT2D eigenvalue weighted by Crippen LogP contribution is 2.42. The van der Waals surface area contributed by atoms with Crippen LogP contribution in [0.3, 0.4) is 0 Å². The number of aromatic nitrogens is 2. The van der Waals surface area contributed by atoms with Crippen molar-refractivity contribution in [2.24, 2.45) is 0 Å². The van der Waals surface area contributed by atoms with Crippen LogP contribution in [0.4, 0.5) is 0 Å². The third kappa shape index (κ3) is 3.78. The van der Waals surface area contributed by atoms with Crippen LogP contribution in [-0.4, -0.2) is 9.13 Å². The quantitative estimate of drug-likeness (QED) is 0.192. The molecule has 11 rings (SSSR count). The first-order valence-corrected chi connectivity index (χ1v) is 16.8. The van der Waals surface area contributed by atoms with E-state index in [1.54, 1.807) is 0 Å². The maximum absolute atomic E-state index is 6.43. The minimum absolute atomic E-state index is 0.909. The van der Waals surface area contributed by atoms with Crippen molar-refractivity contribution in [1.29, 1.82) is 0 Å². The summed E-state index contributed by atoms with van der Waals surface area (Å²) < 4.78 is 11.2. The van der Waals surface area contributed by atoms with Gasteiger partial charge in [-0.2, -0.15) is 0 Å². The van der Waals surface area contributed by atoms with Crippen LogP contribution in [0.5, 0.6) is 0 Å². The summed E-state index contributed by atoms with van der Waals surface area (Å²) in [6.45, 7) is 0. The SMILES string of the molecule is c1ccc(-n2c3ccccc3c3cc(-c4ccc5c(c4)c4cc6oc7ccccc7c6cc4n5-c4cccc5ccccc45)ccc32)cc1. The van der Waals surface area contributed by atoms with Crippen molar-refractivity contribution in [3.63, 3.8) is 0 Å². The molecule has 0 bridgehead atoms. The van der Waals surface area contributed by atoms with Crippen molar-refractivity contribution in [3.8, 4) is 22.5 Å².